The van der Waals surface area contributed by atoms with Crippen LogP contribution in [0.15, 0.2) is 18.2 Å². The number of halogens is 1. The lowest BCUT2D eigenvalue weighted by molar-refractivity contribution is 0.766. The zero-order valence-corrected chi connectivity index (χ0v) is 12.3. The van der Waals surface area contributed by atoms with Gasteiger partial charge in [-0.3, -0.25) is 0 Å². The molecule has 1 unspecified atom stereocenters. The van der Waals surface area contributed by atoms with Crippen LogP contribution in [-0.4, -0.2) is 25.1 Å². The van der Waals surface area contributed by atoms with Gasteiger partial charge in [-0.2, -0.15) is 11.8 Å². The SMILES string of the molecule is CSCC(C)N(C)c1ccc(I)cc1N. The van der Waals surface area contributed by atoms with E-state index in [0.29, 0.717) is 6.04 Å². The third-order valence-electron chi connectivity index (χ3n) is 2.44. The summed E-state index contributed by atoms with van der Waals surface area (Å²) >= 11 is 4.13. The quantitative estimate of drug-likeness (QED) is 0.677. The number of hydrogen-bond acceptors (Lipinski definition) is 3. The summed E-state index contributed by atoms with van der Waals surface area (Å²) in [5, 5.41) is 0. The molecule has 15 heavy (non-hydrogen) atoms. The van der Waals surface area contributed by atoms with Crippen molar-refractivity contribution in [3.05, 3.63) is 21.8 Å². The van der Waals surface area contributed by atoms with Crippen molar-refractivity contribution in [2.24, 2.45) is 0 Å². The monoisotopic (exact) mass is 336 g/mol. The molecule has 0 heterocycles. The van der Waals surface area contributed by atoms with E-state index in [1.807, 2.05) is 17.8 Å². The van der Waals surface area contributed by atoms with Gasteiger partial charge in [-0.05, 0) is 54.0 Å². The van der Waals surface area contributed by atoms with E-state index < -0.39 is 0 Å². The zero-order valence-electron chi connectivity index (χ0n) is 9.33. The van der Waals surface area contributed by atoms with Crippen LogP contribution in [0.2, 0.25) is 0 Å². The lowest BCUT2D eigenvalue weighted by Crippen LogP contribution is -2.31. The molecule has 2 N–H and O–H groups in total. The van der Waals surface area contributed by atoms with Gasteiger partial charge in [-0.25, -0.2) is 0 Å². The Balaban J connectivity index is 2.86. The molecule has 0 saturated carbocycles. The van der Waals surface area contributed by atoms with Crippen molar-refractivity contribution >= 4 is 45.7 Å². The van der Waals surface area contributed by atoms with Crippen LogP contribution in [0.3, 0.4) is 0 Å². The summed E-state index contributed by atoms with van der Waals surface area (Å²) in [4.78, 5) is 2.24. The first kappa shape index (κ1) is 13.0. The van der Waals surface area contributed by atoms with E-state index in [2.05, 4.69) is 59.9 Å². The number of rotatable bonds is 4. The topological polar surface area (TPSA) is 29.3 Å². The van der Waals surface area contributed by atoms with Crippen molar-refractivity contribution < 1.29 is 0 Å². The highest BCUT2D eigenvalue weighted by atomic mass is 127. The Morgan fingerprint density at radius 3 is 2.73 bits per heavy atom. The molecule has 0 fully saturated rings. The van der Waals surface area contributed by atoms with Gasteiger partial charge in [-0.1, -0.05) is 0 Å². The first-order chi connectivity index (χ1) is 7.06. The van der Waals surface area contributed by atoms with Crippen molar-refractivity contribution in [3.8, 4) is 0 Å². The summed E-state index contributed by atoms with van der Waals surface area (Å²) in [5.41, 5.74) is 7.98. The molecule has 0 bridgehead atoms. The van der Waals surface area contributed by atoms with Crippen LogP contribution in [0, 0.1) is 3.57 Å². The number of nitrogens with zero attached hydrogens (tertiary/aromatic N) is 1. The highest BCUT2D eigenvalue weighted by Crippen LogP contribution is 2.26. The largest absolute Gasteiger partial charge is 0.397 e. The average molecular weight is 336 g/mol. The van der Waals surface area contributed by atoms with E-state index in [0.717, 1.165) is 17.1 Å². The Morgan fingerprint density at radius 1 is 1.53 bits per heavy atom. The number of anilines is 2. The molecule has 0 aliphatic heterocycles. The second-order valence-corrected chi connectivity index (χ2v) is 5.77. The Bertz CT molecular complexity index is 330. The van der Waals surface area contributed by atoms with Gasteiger partial charge in [0.05, 0.1) is 11.4 Å². The van der Waals surface area contributed by atoms with Crippen molar-refractivity contribution in [3.63, 3.8) is 0 Å². The van der Waals surface area contributed by atoms with E-state index >= 15 is 0 Å². The van der Waals surface area contributed by atoms with Gasteiger partial charge in [0.25, 0.3) is 0 Å². The molecule has 1 aromatic rings. The summed E-state index contributed by atoms with van der Waals surface area (Å²) in [7, 11) is 2.10. The van der Waals surface area contributed by atoms with E-state index in [4.69, 9.17) is 5.73 Å². The van der Waals surface area contributed by atoms with Crippen LogP contribution in [0.5, 0.6) is 0 Å². The lowest BCUT2D eigenvalue weighted by atomic mass is 10.2. The van der Waals surface area contributed by atoms with Crippen molar-refractivity contribution in [2.75, 3.05) is 29.7 Å². The molecule has 0 saturated heterocycles. The van der Waals surface area contributed by atoms with Gasteiger partial charge in [0.15, 0.2) is 0 Å². The molecule has 0 amide bonds. The first-order valence-electron chi connectivity index (χ1n) is 4.83. The fraction of sp³-hybridized carbons (Fsp3) is 0.455. The van der Waals surface area contributed by atoms with Gasteiger partial charge < -0.3 is 10.6 Å². The molecule has 2 nitrogen and oxygen atoms in total. The average Bonchev–Trinajstić information content (AvgIpc) is 2.17. The Kier molecular flexibility index (Phi) is 5.05. The number of nitrogen functional groups attached to an aromatic ring is 1. The molecule has 0 aliphatic rings. The summed E-state index contributed by atoms with van der Waals surface area (Å²) in [6.07, 6.45) is 2.13. The minimum atomic E-state index is 0.502. The summed E-state index contributed by atoms with van der Waals surface area (Å²) in [5.74, 6) is 1.11. The maximum absolute atomic E-state index is 6.00. The van der Waals surface area contributed by atoms with Crippen LogP contribution < -0.4 is 10.6 Å². The molecule has 4 heteroatoms. The highest BCUT2D eigenvalue weighted by Gasteiger charge is 2.11. The molecule has 0 aliphatic carbocycles. The summed E-state index contributed by atoms with van der Waals surface area (Å²) in [6, 6.07) is 6.70. The maximum atomic E-state index is 6.00. The van der Waals surface area contributed by atoms with E-state index in [9.17, 15) is 0 Å². The molecular formula is C11H17IN2S. The van der Waals surface area contributed by atoms with Crippen molar-refractivity contribution in [2.45, 2.75) is 13.0 Å². The standard InChI is InChI=1S/C11H17IN2S/c1-8(7-15-3)14(2)11-5-4-9(12)6-10(11)13/h4-6,8H,7,13H2,1-3H3. The van der Waals surface area contributed by atoms with Crippen molar-refractivity contribution in [1.82, 2.24) is 0 Å². The second kappa shape index (κ2) is 5.84. The van der Waals surface area contributed by atoms with Gasteiger partial charge in [0.2, 0.25) is 0 Å². The third-order valence-corrected chi connectivity index (χ3v) is 3.93. The Hall–Kier alpha value is -0.100. The van der Waals surface area contributed by atoms with E-state index in [1.165, 1.54) is 3.57 Å². The Labute approximate surface area is 110 Å². The van der Waals surface area contributed by atoms with Gasteiger partial charge in [0, 0.05) is 22.4 Å². The fourth-order valence-corrected chi connectivity index (χ4v) is 2.66. The molecule has 0 radical (unpaired) electrons. The van der Waals surface area contributed by atoms with Crippen LogP contribution in [-0.2, 0) is 0 Å². The minimum absolute atomic E-state index is 0.502. The zero-order chi connectivity index (χ0) is 11.4. The Morgan fingerprint density at radius 2 is 2.20 bits per heavy atom. The predicted molar refractivity (Wildman–Crippen MR) is 79.8 cm³/mol. The van der Waals surface area contributed by atoms with E-state index in [-0.39, 0.29) is 0 Å². The number of thioether (sulfide) groups is 1. The summed E-state index contributed by atoms with van der Waals surface area (Å²) in [6.45, 7) is 2.22. The molecular weight excluding hydrogens is 319 g/mol. The van der Waals surface area contributed by atoms with Crippen LogP contribution in [0.25, 0.3) is 0 Å². The minimum Gasteiger partial charge on any atom is -0.397 e. The molecule has 84 valence electrons. The normalized spacial score (nSPS) is 12.5. The second-order valence-electron chi connectivity index (χ2n) is 3.62. The predicted octanol–water partition coefficient (Wildman–Crippen LogP) is 3.06. The van der Waals surface area contributed by atoms with Crippen LogP contribution in [0.4, 0.5) is 11.4 Å². The molecule has 1 aromatic carbocycles. The van der Waals surface area contributed by atoms with Crippen LogP contribution >= 0.6 is 34.4 Å². The summed E-state index contributed by atoms with van der Waals surface area (Å²) < 4.78 is 1.18. The number of benzene rings is 1. The van der Waals surface area contributed by atoms with Crippen LogP contribution in [0.1, 0.15) is 6.92 Å². The number of nitrogens with two attached hydrogens (primary N) is 1. The molecule has 0 spiro atoms. The van der Waals surface area contributed by atoms with Crippen molar-refractivity contribution in [1.29, 1.82) is 0 Å². The lowest BCUT2D eigenvalue weighted by Gasteiger charge is -2.27. The van der Waals surface area contributed by atoms with E-state index in [1.54, 1.807) is 0 Å². The van der Waals surface area contributed by atoms with Gasteiger partial charge in [0.1, 0.15) is 0 Å². The third kappa shape index (κ3) is 3.45. The molecule has 0 aromatic heterocycles. The molecule has 1 rings (SSSR count). The highest BCUT2D eigenvalue weighted by molar-refractivity contribution is 14.1. The first-order valence-corrected chi connectivity index (χ1v) is 7.30. The van der Waals surface area contributed by atoms with Gasteiger partial charge in [-0.15, -0.1) is 0 Å². The fourth-order valence-electron chi connectivity index (χ4n) is 1.44. The smallest absolute Gasteiger partial charge is 0.0600 e. The maximum Gasteiger partial charge on any atom is 0.0600 e. The molecule has 1 atom stereocenters. The van der Waals surface area contributed by atoms with Gasteiger partial charge >= 0.3 is 0 Å². The number of hydrogen-bond donors (Lipinski definition) is 1.